The van der Waals surface area contributed by atoms with Crippen LogP contribution in [0.2, 0.25) is 0 Å². The predicted octanol–water partition coefficient (Wildman–Crippen LogP) is 0.677. The normalized spacial score (nSPS) is 23.4. The summed E-state index contributed by atoms with van der Waals surface area (Å²) in [5, 5.41) is 6.02. The number of hydrogen-bond acceptors (Lipinski definition) is 5. The highest BCUT2D eigenvalue weighted by atomic mass is 16.5. The van der Waals surface area contributed by atoms with Gasteiger partial charge in [0.1, 0.15) is 17.5 Å². The summed E-state index contributed by atoms with van der Waals surface area (Å²) in [5.41, 5.74) is 0.715. The van der Waals surface area contributed by atoms with Crippen LogP contribution in [0.25, 0.3) is 0 Å². The van der Waals surface area contributed by atoms with Gasteiger partial charge < -0.3 is 25.0 Å². The summed E-state index contributed by atoms with van der Waals surface area (Å²) in [6, 6.07) is 4.70. The zero-order valence-electron chi connectivity index (χ0n) is 14.0. The van der Waals surface area contributed by atoms with Crippen LogP contribution >= 0.6 is 0 Å². The molecule has 24 heavy (non-hydrogen) atoms. The summed E-state index contributed by atoms with van der Waals surface area (Å²) >= 11 is 0. The van der Waals surface area contributed by atoms with E-state index in [0.29, 0.717) is 30.2 Å². The average molecular weight is 333 g/mol. The van der Waals surface area contributed by atoms with Crippen LogP contribution in [0.3, 0.4) is 0 Å². The molecule has 0 spiro atoms. The Labute approximate surface area is 141 Å². The quantitative estimate of drug-likeness (QED) is 0.828. The molecular formula is C17H23N3O4. The zero-order chi connectivity index (χ0) is 17.1. The van der Waals surface area contributed by atoms with Gasteiger partial charge in [-0.25, -0.2) is 0 Å². The number of anilines is 1. The molecule has 2 fully saturated rings. The maximum absolute atomic E-state index is 12.7. The van der Waals surface area contributed by atoms with Crippen molar-refractivity contribution in [3.05, 3.63) is 18.2 Å². The Balaban J connectivity index is 1.70. The van der Waals surface area contributed by atoms with Crippen molar-refractivity contribution in [1.82, 2.24) is 10.6 Å². The van der Waals surface area contributed by atoms with E-state index in [4.69, 9.17) is 9.47 Å². The summed E-state index contributed by atoms with van der Waals surface area (Å²) in [6.07, 6.45) is 2.41. The molecule has 1 aromatic rings. The van der Waals surface area contributed by atoms with Crippen LogP contribution < -0.4 is 25.0 Å². The van der Waals surface area contributed by atoms with E-state index in [9.17, 15) is 9.59 Å². The van der Waals surface area contributed by atoms with Crippen molar-refractivity contribution < 1.29 is 19.1 Å². The molecule has 2 aliphatic heterocycles. The van der Waals surface area contributed by atoms with E-state index in [1.165, 1.54) is 0 Å². The molecule has 2 amide bonds. The van der Waals surface area contributed by atoms with Crippen LogP contribution in [0.5, 0.6) is 11.5 Å². The summed E-state index contributed by atoms with van der Waals surface area (Å²) < 4.78 is 10.5. The van der Waals surface area contributed by atoms with Crippen LogP contribution in [0.4, 0.5) is 5.69 Å². The molecule has 0 bridgehead atoms. The van der Waals surface area contributed by atoms with Gasteiger partial charge >= 0.3 is 0 Å². The molecule has 2 heterocycles. The first-order valence-electron chi connectivity index (χ1n) is 8.20. The summed E-state index contributed by atoms with van der Waals surface area (Å²) in [7, 11) is 3.14. The lowest BCUT2D eigenvalue weighted by Crippen LogP contribution is -2.48. The van der Waals surface area contributed by atoms with Gasteiger partial charge in [0.05, 0.1) is 25.9 Å². The number of nitrogens with one attached hydrogen (secondary N) is 2. The van der Waals surface area contributed by atoms with Gasteiger partial charge in [-0.05, 0) is 25.8 Å². The molecule has 0 saturated carbocycles. The third-order valence-electron chi connectivity index (χ3n) is 4.55. The second-order valence-electron chi connectivity index (χ2n) is 6.06. The summed E-state index contributed by atoms with van der Waals surface area (Å²) in [6.45, 7) is 1.41. The number of amides is 2. The fourth-order valence-corrected chi connectivity index (χ4v) is 3.20. The molecule has 130 valence electrons. The monoisotopic (exact) mass is 333 g/mol. The van der Waals surface area contributed by atoms with Gasteiger partial charge in [-0.1, -0.05) is 0 Å². The third-order valence-corrected chi connectivity index (χ3v) is 4.55. The largest absolute Gasteiger partial charge is 0.497 e. The molecule has 1 aromatic carbocycles. The fourth-order valence-electron chi connectivity index (χ4n) is 3.20. The molecule has 0 aliphatic carbocycles. The first-order chi connectivity index (χ1) is 11.6. The average Bonchev–Trinajstić information content (AvgIpc) is 3.25. The van der Waals surface area contributed by atoms with E-state index < -0.39 is 6.04 Å². The summed E-state index contributed by atoms with van der Waals surface area (Å²) in [4.78, 5) is 26.5. The highest BCUT2D eigenvalue weighted by molar-refractivity contribution is 6.02. The van der Waals surface area contributed by atoms with E-state index >= 15 is 0 Å². The van der Waals surface area contributed by atoms with Gasteiger partial charge in [-0.15, -0.1) is 0 Å². The smallest absolute Gasteiger partial charge is 0.249 e. The number of nitrogens with zero attached hydrogens (tertiary/aromatic N) is 1. The van der Waals surface area contributed by atoms with E-state index in [-0.39, 0.29) is 17.9 Å². The number of benzene rings is 1. The van der Waals surface area contributed by atoms with Gasteiger partial charge in [0, 0.05) is 24.7 Å². The second kappa shape index (κ2) is 7.09. The number of rotatable bonds is 5. The van der Waals surface area contributed by atoms with E-state index in [0.717, 1.165) is 19.4 Å². The maximum atomic E-state index is 12.7. The lowest BCUT2D eigenvalue weighted by molar-refractivity contribution is -0.127. The van der Waals surface area contributed by atoms with Gasteiger partial charge in [0.25, 0.3) is 0 Å². The molecule has 2 N–H and O–H groups in total. The minimum atomic E-state index is -0.475. The standard InChI is InChI=1S/C17H23N3O4/c1-23-12-8-11(9-13(10-12)24-2)20-7-5-15(17(20)22)19-16(21)14-4-3-6-18-14/h8-10,14-15,18H,3-7H2,1-2H3,(H,19,21). The highest BCUT2D eigenvalue weighted by Gasteiger charge is 2.35. The first kappa shape index (κ1) is 16.6. The minimum Gasteiger partial charge on any atom is -0.497 e. The number of carbonyl (C=O) groups excluding carboxylic acids is 2. The minimum absolute atomic E-state index is 0.0871. The molecule has 2 unspecified atom stereocenters. The van der Waals surface area contributed by atoms with E-state index in [1.807, 2.05) is 0 Å². The first-order valence-corrected chi connectivity index (χ1v) is 8.20. The van der Waals surface area contributed by atoms with Crippen LogP contribution in [-0.2, 0) is 9.59 Å². The van der Waals surface area contributed by atoms with Crippen molar-refractivity contribution in [1.29, 1.82) is 0 Å². The van der Waals surface area contributed by atoms with Gasteiger partial charge in [-0.2, -0.15) is 0 Å². The fraction of sp³-hybridized carbons (Fsp3) is 0.529. The Morgan fingerprint density at radius 2 is 1.92 bits per heavy atom. The molecule has 0 radical (unpaired) electrons. The van der Waals surface area contributed by atoms with Crippen molar-refractivity contribution in [2.24, 2.45) is 0 Å². The van der Waals surface area contributed by atoms with Crippen LogP contribution in [-0.4, -0.2) is 51.2 Å². The highest BCUT2D eigenvalue weighted by Crippen LogP contribution is 2.31. The summed E-state index contributed by atoms with van der Waals surface area (Å²) in [5.74, 6) is 1.06. The Bertz CT molecular complexity index is 606. The van der Waals surface area contributed by atoms with Crippen molar-refractivity contribution in [2.75, 3.05) is 32.2 Å². The SMILES string of the molecule is COc1cc(OC)cc(N2CCC(NC(=O)C3CCCN3)C2=O)c1. The number of carbonyl (C=O) groups is 2. The number of hydrogen-bond donors (Lipinski definition) is 2. The lowest BCUT2D eigenvalue weighted by Gasteiger charge is -2.19. The molecule has 7 heteroatoms. The Hall–Kier alpha value is -2.28. The van der Waals surface area contributed by atoms with Gasteiger partial charge in [-0.3, -0.25) is 9.59 Å². The van der Waals surface area contributed by atoms with Crippen LogP contribution in [0.15, 0.2) is 18.2 Å². The Morgan fingerprint density at radius 1 is 1.21 bits per heavy atom. The molecule has 2 aliphatic rings. The van der Waals surface area contributed by atoms with Crippen molar-refractivity contribution in [2.45, 2.75) is 31.3 Å². The predicted molar refractivity (Wildman–Crippen MR) is 89.5 cm³/mol. The Morgan fingerprint density at radius 3 is 2.50 bits per heavy atom. The number of methoxy groups -OCH3 is 2. The van der Waals surface area contributed by atoms with Crippen molar-refractivity contribution >= 4 is 17.5 Å². The van der Waals surface area contributed by atoms with Crippen LogP contribution in [0.1, 0.15) is 19.3 Å². The van der Waals surface area contributed by atoms with E-state index in [1.54, 1.807) is 37.3 Å². The lowest BCUT2D eigenvalue weighted by atomic mass is 10.2. The molecule has 2 atom stereocenters. The Kier molecular flexibility index (Phi) is 4.89. The zero-order valence-corrected chi connectivity index (χ0v) is 14.0. The number of ether oxygens (including phenoxy) is 2. The molecule has 3 rings (SSSR count). The third kappa shape index (κ3) is 3.31. The van der Waals surface area contributed by atoms with Crippen LogP contribution in [0, 0.1) is 0 Å². The topological polar surface area (TPSA) is 79.9 Å². The van der Waals surface area contributed by atoms with Gasteiger partial charge in [0.15, 0.2) is 0 Å². The molecule has 7 nitrogen and oxygen atoms in total. The van der Waals surface area contributed by atoms with Crippen molar-refractivity contribution in [3.63, 3.8) is 0 Å². The second-order valence-corrected chi connectivity index (χ2v) is 6.06. The van der Waals surface area contributed by atoms with Gasteiger partial charge in [0.2, 0.25) is 11.8 Å². The molecule has 0 aromatic heterocycles. The molecule has 2 saturated heterocycles. The maximum Gasteiger partial charge on any atom is 0.249 e. The van der Waals surface area contributed by atoms with Crippen molar-refractivity contribution in [3.8, 4) is 11.5 Å². The van der Waals surface area contributed by atoms with E-state index in [2.05, 4.69) is 10.6 Å². The molecular weight excluding hydrogens is 310 g/mol.